The molecule has 0 aromatic carbocycles. The fourth-order valence-electron chi connectivity index (χ4n) is 2.74. The molecule has 1 saturated heterocycles. The summed E-state index contributed by atoms with van der Waals surface area (Å²) in [6.07, 6.45) is 5.70. The van der Waals surface area contributed by atoms with E-state index in [0.29, 0.717) is 27.5 Å². The summed E-state index contributed by atoms with van der Waals surface area (Å²) < 4.78 is 5.96. The van der Waals surface area contributed by atoms with Crippen LogP contribution in [0, 0.1) is 0 Å². The van der Waals surface area contributed by atoms with Gasteiger partial charge in [-0.3, -0.25) is 0 Å². The first-order chi connectivity index (χ1) is 11.6. The smallest absolute Gasteiger partial charge is 0.232 e. The lowest BCUT2D eigenvalue weighted by atomic mass is 10.1. The van der Waals surface area contributed by atoms with Gasteiger partial charge >= 0.3 is 0 Å². The second-order valence-corrected chi connectivity index (χ2v) is 6.80. The zero-order valence-electron chi connectivity index (χ0n) is 13.2. The first kappa shape index (κ1) is 17.5. The van der Waals surface area contributed by atoms with E-state index in [0.717, 1.165) is 37.3 Å². The topological polar surface area (TPSA) is 51.1 Å². The number of aryl methyl sites for hydroxylation is 1. The third-order valence-electron chi connectivity index (χ3n) is 3.91. The van der Waals surface area contributed by atoms with E-state index in [1.165, 1.54) is 6.20 Å². The number of rotatable bonds is 4. The van der Waals surface area contributed by atoms with Crippen molar-refractivity contribution in [1.29, 1.82) is 0 Å². The number of ether oxygens (including phenoxy) is 1. The lowest BCUT2D eigenvalue weighted by Gasteiger charge is -2.34. The van der Waals surface area contributed by atoms with Crippen LogP contribution in [-0.4, -0.2) is 34.1 Å². The minimum Gasteiger partial charge on any atom is -0.471 e. The molecule has 0 aliphatic carbocycles. The van der Waals surface area contributed by atoms with E-state index in [9.17, 15) is 0 Å². The van der Waals surface area contributed by atoms with Crippen molar-refractivity contribution in [2.45, 2.75) is 32.3 Å². The molecule has 1 atom stereocenters. The number of piperidine rings is 1. The first-order valence-electron chi connectivity index (χ1n) is 7.80. The van der Waals surface area contributed by atoms with Crippen LogP contribution in [0.25, 0.3) is 0 Å². The Labute approximate surface area is 155 Å². The van der Waals surface area contributed by atoms with Gasteiger partial charge in [0.1, 0.15) is 22.5 Å². The molecule has 0 spiro atoms. The maximum absolute atomic E-state index is 6.44. The first-order valence-corrected chi connectivity index (χ1v) is 8.94. The van der Waals surface area contributed by atoms with Gasteiger partial charge in [0, 0.05) is 12.7 Å². The third kappa shape index (κ3) is 3.85. The third-order valence-corrected chi connectivity index (χ3v) is 4.77. The predicted molar refractivity (Wildman–Crippen MR) is 96.5 cm³/mol. The highest BCUT2D eigenvalue weighted by Crippen LogP contribution is 2.30. The van der Waals surface area contributed by atoms with E-state index in [1.54, 1.807) is 12.4 Å². The van der Waals surface area contributed by atoms with Crippen LogP contribution in [-0.2, 0) is 6.42 Å². The second-order valence-electron chi connectivity index (χ2n) is 5.58. The largest absolute Gasteiger partial charge is 0.471 e. The van der Waals surface area contributed by atoms with Gasteiger partial charge in [-0.25, -0.2) is 15.0 Å². The SMILES string of the molecule is CCc1ncnc(N2CCCC(Oc3ncc(Cl)cc3Cl)C2)c1Cl. The van der Waals surface area contributed by atoms with Crippen molar-refractivity contribution < 1.29 is 4.74 Å². The molecule has 5 nitrogen and oxygen atoms in total. The van der Waals surface area contributed by atoms with Crippen molar-refractivity contribution in [1.82, 2.24) is 15.0 Å². The molecule has 1 unspecified atom stereocenters. The summed E-state index contributed by atoms with van der Waals surface area (Å²) in [5.41, 5.74) is 0.854. The minimum absolute atomic E-state index is 0.0407. The van der Waals surface area contributed by atoms with Crippen LogP contribution in [0.15, 0.2) is 18.6 Å². The molecule has 2 aromatic rings. The number of aromatic nitrogens is 3. The lowest BCUT2D eigenvalue weighted by molar-refractivity contribution is 0.172. The van der Waals surface area contributed by atoms with Crippen LogP contribution in [0.4, 0.5) is 5.82 Å². The summed E-state index contributed by atoms with van der Waals surface area (Å²) in [6, 6.07) is 1.63. The van der Waals surface area contributed by atoms with Crippen LogP contribution < -0.4 is 9.64 Å². The number of pyridine rings is 1. The lowest BCUT2D eigenvalue weighted by Crippen LogP contribution is -2.42. The Kier molecular flexibility index (Phi) is 5.64. The van der Waals surface area contributed by atoms with Gasteiger partial charge in [-0.15, -0.1) is 0 Å². The van der Waals surface area contributed by atoms with Crippen molar-refractivity contribution in [3.05, 3.63) is 39.4 Å². The van der Waals surface area contributed by atoms with Crippen molar-refractivity contribution in [2.75, 3.05) is 18.0 Å². The summed E-state index contributed by atoms with van der Waals surface area (Å²) in [5.74, 6) is 1.16. The molecule has 1 aliphatic heterocycles. The summed E-state index contributed by atoms with van der Waals surface area (Å²) in [7, 11) is 0. The normalized spacial score (nSPS) is 17.8. The van der Waals surface area contributed by atoms with E-state index in [4.69, 9.17) is 39.5 Å². The average Bonchev–Trinajstić information content (AvgIpc) is 2.58. The summed E-state index contributed by atoms with van der Waals surface area (Å²) >= 11 is 18.4. The highest BCUT2D eigenvalue weighted by Gasteiger charge is 2.25. The van der Waals surface area contributed by atoms with Crippen LogP contribution in [0.1, 0.15) is 25.5 Å². The molecule has 0 saturated carbocycles. The highest BCUT2D eigenvalue weighted by molar-refractivity contribution is 6.35. The summed E-state index contributed by atoms with van der Waals surface area (Å²) in [5, 5.41) is 1.51. The van der Waals surface area contributed by atoms with Crippen LogP contribution in [0.2, 0.25) is 15.1 Å². The zero-order valence-corrected chi connectivity index (χ0v) is 15.4. The van der Waals surface area contributed by atoms with E-state index in [-0.39, 0.29) is 6.10 Å². The molecular formula is C16H17Cl3N4O. The monoisotopic (exact) mass is 386 g/mol. The van der Waals surface area contributed by atoms with E-state index in [1.807, 2.05) is 6.92 Å². The zero-order chi connectivity index (χ0) is 17.1. The van der Waals surface area contributed by atoms with E-state index in [2.05, 4.69) is 19.9 Å². The van der Waals surface area contributed by atoms with Gasteiger partial charge in [0.15, 0.2) is 5.82 Å². The van der Waals surface area contributed by atoms with Gasteiger partial charge in [0.2, 0.25) is 5.88 Å². The fraction of sp³-hybridized carbons (Fsp3) is 0.438. The molecule has 3 rings (SSSR count). The van der Waals surface area contributed by atoms with Gasteiger partial charge < -0.3 is 9.64 Å². The molecule has 0 radical (unpaired) electrons. The molecule has 2 aromatic heterocycles. The van der Waals surface area contributed by atoms with E-state index < -0.39 is 0 Å². The second kappa shape index (κ2) is 7.72. The van der Waals surface area contributed by atoms with Crippen molar-refractivity contribution >= 4 is 40.6 Å². The molecule has 128 valence electrons. The average molecular weight is 388 g/mol. The molecule has 1 fully saturated rings. The molecular weight excluding hydrogens is 371 g/mol. The fourth-order valence-corrected chi connectivity index (χ4v) is 3.51. The minimum atomic E-state index is -0.0407. The number of anilines is 1. The molecule has 1 aliphatic rings. The predicted octanol–water partition coefficient (Wildman–Crippen LogP) is 4.44. The molecule has 8 heteroatoms. The van der Waals surface area contributed by atoms with E-state index >= 15 is 0 Å². The van der Waals surface area contributed by atoms with Gasteiger partial charge in [0.05, 0.1) is 17.3 Å². The van der Waals surface area contributed by atoms with Crippen molar-refractivity contribution in [3.8, 4) is 5.88 Å². The van der Waals surface area contributed by atoms with Crippen molar-refractivity contribution in [3.63, 3.8) is 0 Å². The quantitative estimate of drug-likeness (QED) is 0.776. The van der Waals surface area contributed by atoms with Crippen LogP contribution in [0.3, 0.4) is 0 Å². The summed E-state index contributed by atoms with van der Waals surface area (Å²) in [6.45, 7) is 3.57. The Hall–Kier alpha value is -1.30. The Morgan fingerprint density at radius 3 is 2.83 bits per heavy atom. The molecule has 0 amide bonds. The van der Waals surface area contributed by atoms with Crippen molar-refractivity contribution in [2.24, 2.45) is 0 Å². The Balaban J connectivity index is 1.75. The number of halogens is 3. The number of hydrogen-bond donors (Lipinski definition) is 0. The maximum atomic E-state index is 6.44. The molecule has 24 heavy (non-hydrogen) atoms. The van der Waals surface area contributed by atoms with Gasteiger partial charge in [0.25, 0.3) is 0 Å². The maximum Gasteiger partial charge on any atom is 0.232 e. The number of hydrogen-bond acceptors (Lipinski definition) is 5. The highest BCUT2D eigenvalue weighted by atomic mass is 35.5. The molecule has 0 N–H and O–H groups in total. The summed E-state index contributed by atoms with van der Waals surface area (Å²) in [4.78, 5) is 14.9. The molecule has 3 heterocycles. The molecule has 0 bridgehead atoms. The Bertz CT molecular complexity index is 728. The number of nitrogens with zero attached hydrogens (tertiary/aromatic N) is 4. The van der Waals surface area contributed by atoms with Gasteiger partial charge in [-0.05, 0) is 25.3 Å². The standard InChI is InChI=1S/C16H17Cl3N4O/c1-2-13-14(19)15(22-9-21-13)23-5-3-4-11(8-23)24-16-12(18)6-10(17)7-20-16/h6-7,9,11H,2-5,8H2,1H3. The van der Waals surface area contributed by atoms with Gasteiger partial charge in [-0.2, -0.15) is 0 Å². The van der Waals surface area contributed by atoms with Gasteiger partial charge in [-0.1, -0.05) is 41.7 Å². The van der Waals surface area contributed by atoms with Crippen LogP contribution >= 0.6 is 34.8 Å². The Morgan fingerprint density at radius 1 is 1.25 bits per heavy atom. The Morgan fingerprint density at radius 2 is 2.08 bits per heavy atom. The van der Waals surface area contributed by atoms with Crippen LogP contribution in [0.5, 0.6) is 5.88 Å².